The molecule has 2 saturated heterocycles. The molecule has 7 rings (SSSR count). The fraction of sp³-hybridized carbons (Fsp3) is 0.424. The topological polar surface area (TPSA) is 84.1 Å². The number of carbonyl (C=O) groups is 1. The van der Waals surface area contributed by atoms with E-state index < -0.39 is 0 Å². The molecule has 0 radical (unpaired) electrons. The van der Waals surface area contributed by atoms with Crippen molar-refractivity contribution in [2.75, 3.05) is 38.8 Å². The van der Waals surface area contributed by atoms with Crippen LogP contribution in [-0.2, 0) is 4.74 Å². The zero-order valence-corrected chi connectivity index (χ0v) is 23.5. The van der Waals surface area contributed by atoms with Gasteiger partial charge in [0, 0.05) is 24.2 Å². The molecule has 2 unspecified atom stereocenters. The van der Waals surface area contributed by atoms with Gasteiger partial charge in [-0.1, -0.05) is 36.4 Å². The number of fused-ring (bicyclic) bond motifs is 1. The van der Waals surface area contributed by atoms with E-state index in [9.17, 15) is 4.79 Å². The number of hydrogen-bond donors (Lipinski definition) is 3. The average molecular weight is 555 g/mol. The molecule has 4 aliphatic rings. The minimum Gasteiger partial charge on any atom is -0.493 e. The van der Waals surface area contributed by atoms with Crippen molar-refractivity contribution in [3.63, 3.8) is 0 Å². The van der Waals surface area contributed by atoms with E-state index in [0.29, 0.717) is 17.5 Å². The Morgan fingerprint density at radius 1 is 0.976 bits per heavy atom. The first-order chi connectivity index (χ1) is 20.2. The number of likely N-dealkylation sites (tertiary alicyclic amines) is 1. The summed E-state index contributed by atoms with van der Waals surface area (Å²) in [6.45, 7) is 3.79. The van der Waals surface area contributed by atoms with E-state index in [1.54, 1.807) is 7.11 Å². The van der Waals surface area contributed by atoms with Crippen molar-refractivity contribution in [3.8, 4) is 11.5 Å². The van der Waals surface area contributed by atoms with Gasteiger partial charge in [-0.2, -0.15) is 0 Å². The lowest BCUT2D eigenvalue weighted by Gasteiger charge is -2.41. The average Bonchev–Trinajstić information content (AvgIpc) is 3.74. The second-order valence-electron chi connectivity index (χ2n) is 11.7. The molecule has 214 valence electrons. The van der Waals surface area contributed by atoms with Crippen molar-refractivity contribution in [1.29, 1.82) is 0 Å². The van der Waals surface area contributed by atoms with Gasteiger partial charge in [-0.25, -0.2) is 5.43 Å². The molecule has 3 aliphatic heterocycles. The monoisotopic (exact) mass is 554 g/mol. The van der Waals surface area contributed by atoms with Gasteiger partial charge in [-0.3, -0.25) is 9.69 Å². The first-order valence-corrected chi connectivity index (χ1v) is 14.8. The SMILES string of the molecule is COc1cc(C2NNc3ccc(C(=O)NC(c4ccccc4)C4CC4)cc32)ccc1OC1CCN(C2COC2)CC1. The smallest absolute Gasteiger partial charge is 0.251 e. The predicted molar refractivity (Wildman–Crippen MR) is 157 cm³/mol. The summed E-state index contributed by atoms with van der Waals surface area (Å²) in [5.41, 5.74) is 11.5. The first kappa shape index (κ1) is 26.3. The van der Waals surface area contributed by atoms with Crippen LogP contribution in [0, 0.1) is 5.92 Å². The van der Waals surface area contributed by atoms with Crippen LogP contribution in [0.3, 0.4) is 0 Å². The minimum absolute atomic E-state index is 0.0419. The molecule has 1 saturated carbocycles. The molecule has 2 atom stereocenters. The highest BCUT2D eigenvalue weighted by molar-refractivity contribution is 5.95. The van der Waals surface area contributed by atoms with Gasteiger partial charge in [0.1, 0.15) is 6.10 Å². The van der Waals surface area contributed by atoms with Crippen LogP contribution in [0.25, 0.3) is 0 Å². The number of carbonyl (C=O) groups excluding carboxylic acids is 1. The summed E-state index contributed by atoms with van der Waals surface area (Å²) in [6, 6.07) is 22.8. The quantitative estimate of drug-likeness (QED) is 0.349. The lowest BCUT2D eigenvalue weighted by atomic mass is 9.96. The molecular weight excluding hydrogens is 516 g/mol. The Bertz CT molecular complexity index is 1380. The Kier molecular flexibility index (Phi) is 7.29. The van der Waals surface area contributed by atoms with Gasteiger partial charge >= 0.3 is 0 Å². The van der Waals surface area contributed by atoms with Crippen molar-refractivity contribution >= 4 is 11.6 Å². The van der Waals surface area contributed by atoms with E-state index in [1.807, 2.05) is 48.5 Å². The van der Waals surface area contributed by atoms with Crippen molar-refractivity contribution < 1.29 is 19.0 Å². The summed E-state index contributed by atoms with van der Waals surface area (Å²) < 4.78 is 17.6. The molecule has 8 nitrogen and oxygen atoms in total. The number of hydrazine groups is 1. The van der Waals surface area contributed by atoms with E-state index in [-0.39, 0.29) is 24.1 Å². The molecule has 1 amide bonds. The molecule has 0 bridgehead atoms. The lowest BCUT2D eigenvalue weighted by Crippen LogP contribution is -2.52. The predicted octanol–water partition coefficient (Wildman–Crippen LogP) is 4.84. The van der Waals surface area contributed by atoms with E-state index in [0.717, 1.165) is 80.3 Å². The number of rotatable bonds is 9. The second-order valence-corrected chi connectivity index (χ2v) is 11.7. The summed E-state index contributed by atoms with van der Waals surface area (Å²) in [7, 11) is 1.69. The molecular formula is C33H38N4O4. The second kappa shape index (κ2) is 11.4. The Labute approximate surface area is 241 Å². The molecule has 3 N–H and O–H groups in total. The van der Waals surface area contributed by atoms with E-state index >= 15 is 0 Å². The van der Waals surface area contributed by atoms with Crippen LogP contribution >= 0.6 is 0 Å². The Hall–Kier alpha value is -3.59. The van der Waals surface area contributed by atoms with Gasteiger partial charge in [0.15, 0.2) is 11.5 Å². The number of piperidine rings is 1. The number of benzene rings is 3. The third-order valence-corrected chi connectivity index (χ3v) is 8.94. The number of nitrogens with zero attached hydrogens (tertiary/aromatic N) is 1. The Morgan fingerprint density at radius 3 is 2.49 bits per heavy atom. The van der Waals surface area contributed by atoms with Crippen LogP contribution in [0.5, 0.6) is 11.5 Å². The third-order valence-electron chi connectivity index (χ3n) is 8.94. The summed E-state index contributed by atoms with van der Waals surface area (Å²) in [5, 5.41) is 3.31. The number of hydrogen-bond acceptors (Lipinski definition) is 7. The van der Waals surface area contributed by atoms with Gasteiger partial charge in [-0.15, -0.1) is 0 Å². The summed E-state index contributed by atoms with van der Waals surface area (Å²) in [6.07, 6.45) is 4.47. The van der Waals surface area contributed by atoms with Crippen molar-refractivity contribution in [2.24, 2.45) is 5.92 Å². The maximum Gasteiger partial charge on any atom is 0.251 e. The normalized spacial score (nSPS) is 21.8. The number of amides is 1. The fourth-order valence-electron chi connectivity index (χ4n) is 6.27. The zero-order valence-electron chi connectivity index (χ0n) is 23.5. The standard InChI is InChI=1S/C33H38N4O4/c1-39-30-18-23(10-12-29(30)41-26-13-15-37(16-14-26)25-19-40-20-25)32-27-17-24(9-11-28(27)35-36-32)33(38)34-31(22-7-8-22)21-5-3-2-4-6-21/h2-6,9-12,17-18,22,25-26,31-32,35-36H,7-8,13-16,19-20H2,1H3,(H,34,38). The van der Waals surface area contributed by atoms with Crippen LogP contribution in [0.4, 0.5) is 5.69 Å². The highest BCUT2D eigenvalue weighted by Gasteiger charge is 2.34. The molecule has 1 aliphatic carbocycles. The summed E-state index contributed by atoms with van der Waals surface area (Å²) >= 11 is 0. The Morgan fingerprint density at radius 2 is 1.78 bits per heavy atom. The third kappa shape index (κ3) is 5.52. The van der Waals surface area contributed by atoms with Crippen molar-refractivity contribution in [2.45, 2.75) is 49.9 Å². The number of methoxy groups -OCH3 is 1. The van der Waals surface area contributed by atoms with Gasteiger partial charge in [-0.05, 0) is 73.1 Å². The van der Waals surface area contributed by atoms with Crippen molar-refractivity contribution in [1.82, 2.24) is 15.6 Å². The zero-order chi connectivity index (χ0) is 27.8. The number of nitrogens with one attached hydrogen (secondary N) is 3. The summed E-state index contributed by atoms with van der Waals surface area (Å²) in [5.74, 6) is 1.95. The molecule has 3 aromatic carbocycles. The van der Waals surface area contributed by atoms with Crippen molar-refractivity contribution in [3.05, 3.63) is 89.0 Å². The highest BCUT2D eigenvalue weighted by Crippen LogP contribution is 2.42. The van der Waals surface area contributed by atoms with Gasteiger partial charge in [0.2, 0.25) is 0 Å². The molecule has 3 fully saturated rings. The number of ether oxygens (including phenoxy) is 3. The Balaban J connectivity index is 1.05. The number of anilines is 1. The van der Waals surface area contributed by atoms with Crippen LogP contribution in [-0.4, -0.2) is 56.4 Å². The molecule has 0 aromatic heterocycles. The molecule has 0 spiro atoms. The maximum atomic E-state index is 13.4. The van der Waals surface area contributed by atoms with Crippen LogP contribution in [0.2, 0.25) is 0 Å². The molecule has 3 aromatic rings. The molecule has 3 heterocycles. The minimum atomic E-state index is -0.123. The van der Waals surface area contributed by atoms with Gasteiger partial charge in [0.05, 0.1) is 44.1 Å². The molecule has 41 heavy (non-hydrogen) atoms. The maximum absolute atomic E-state index is 13.4. The van der Waals surface area contributed by atoms with E-state index in [1.165, 1.54) is 5.56 Å². The fourth-order valence-corrected chi connectivity index (χ4v) is 6.27. The van der Waals surface area contributed by atoms with Crippen LogP contribution in [0.1, 0.15) is 64.8 Å². The largest absolute Gasteiger partial charge is 0.493 e. The van der Waals surface area contributed by atoms with E-state index in [4.69, 9.17) is 14.2 Å². The highest BCUT2D eigenvalue weighted by atomic mass is 16.5. The van der Waals surface area contributed by atoms with Gasteiger partial charge in [0.25, 0.3) is 5.91 Å². The van der Waals surface area contributed by atoms with E-state index in [2.05, 4.69) is 39.3 Å². The van der Waals surface area contributed by atoms with Crippen LogP contribution in [0.15, 0.2) is 66.7 Å². The lowest BCUT2D eigenvalue weighted by molar-refractivity contribution is -0.0778. The molecule has 8 heteroatoms. The first-order valence-electron chi connectivity index (χ1n) is 14.8. The van der Waals surface area contributed by atoms with Gasteiger partial charge < -0.3 is 25.0 Å². The summed E-state index contributed by atoms with van der Waals surface area (Å²) in [4.78, 5) is 15.9. The van der Waals surface area contributed by atoms with Crippen LogP contribution < -0.4 is 25.6 Å².